The molecule has 1 unspecified atom stereocenters. The van der Waals surface area contributed by atoms with Crippen LogP contribution in [0.2, 0.25) is 0 Å². The Hall–Kier alpha value is -0.380. The summed E-state index contributed by atoms with van der Waals surface area (Å²) in [6, 6.07) is 8.04. The van der Waals surface area contributed by atoms with Crippen molar-refractivity contribution < 1.29 is 8.76 Å². The van der Waals surface area contributed by atoms with Crippen LogP contribution in [0.25, 0.3) is 0 Å². The number of nitriles is 1. The predicted octanol–water partition coefficient (Wildman–Crippen LogP) is 0.383. The van der Waals surface area contributed by atoms with E-state index in [1.54, 1.807) is 0 Å². The molecule has 0 amide bonds. The molecule has 0 aliphatic carbocycles. The van der Waals surface area contributed by atoms with Crippen LogP contribution in [-0.4, -0.2) is 38.3 Å². The first-order valence-electron chi connectivity index (χ1n) is 3.08. The summed E-state index contributed by atoms with van der Waals surface area (Å²) in [6.07, 6.45) is 0. The summed E-state index contributed by atoms with van der Waals surface area (Å²) >= 11 is -2.31. The predicted molar refractivity (Wildman–Crippen MR) is 49.5 cm³/mol. The van der Waals surface area contributed by atoms with Gasteiger partial charge in [-0.15, -0.1) is 0 Å². The van der Waals surface area contributed by atoms with Crippen LogP contribution in [0.3, 0.4) is 0 Å². The minimum atomic E-state index is -2.31. The molecule has 1 aromatic carbocycles. The van der Waals surface area contributed by atoms with E-state index in [4.69, 9.17) is 5.26 Å². The maximum atomic E-state index is 10.1. The van der Waals surface area contributed by atoms with E-state index in [1.165, 1.54) is 24.3 Å². The second-order valence-electron chi connectivity index (χ2n) is 2.03. The first kappa shape index (κ1) is 12.6. The topological polar surface area (TPSA) is 76.0 Å². The summed E-state index contributed by atoms with van der Waals surface area (Å²) in [5.41, 5.74) is 0.944. The molecule has 1 rings (SSSR count). The van der Waals surface area contributed by atoms with Crippen LogP contribution in [0.5, 0.6) is 0 Å². The van der Waals surface area contributed by atoms with E-state index in [-0.39, 0.29) is 29.6 Å². The van der Waals surface area contributed by atoms with Gasteiger partial charge >= 0.3 is 0 Å². The zero-order chi connectivity index (χ0) is 8.97. The average Bonchev–Trinajstić information content (AvgIpc) is 2.05. The molecular formula is C7H5N2NaO2S-. The van der Waals surface area contributed by atoms with Crippen LogP contribution in [0.15, 0.2) is 24.3 Å². The summed E-state index contributed by atoms with van der Waals surface area (Å²) in [5.74, 6) is 0. The van der Waals surface area contributed by atoms with Crippen LogP contribution < -0.4 is 4.72 Å². The molecular weight excluding hydrogens is 199 g/mol. The molecule has 0 aliphatic rings. The minimum Gasteiger partial charge on any atom is -0.755 e. The van der Waals surface area contributed by atoms with Crippen molar-refractivity contribution in [3.63, 3.8) is 0 Å². The maximum absolute atomic E-state index is 10.1. The summed E-state index contributed by atoms with van der Waals surface area (Å²) in [6.45, 7) is 0. The van der Waals surface area contributed by atoms with E-state index < -0.39 is 11.3 Å². The fourth-order valence-electron chi connectivity index (χ4n) is 0.709. The Balaban J connectivity index is 0.00000144. The van der Waals surface area contributed by atoms with Crippen LogP contribution in [0.1, 0.15) is 5.56 Å². The van der Waals surface area contributed by atoms with Gasteiger partial charge < -0.3 is 9.27 Å². The first-order valence-corrected chi connectivity index (χ1v) is 4.16. The molecule has 0 heterocycles. The van der Waals surface area contributed by atoms with Gasteiger partial charge in [0.1, 0.15) is 0 Å². The molecule has 0 bridgehead atoms. The van der Waals surface area contributed by atoms with Crippen molar-refractivity contribution in [1.82, 2.24) is 0 Å². The van der Waals surface area contributed by atoms with Gasteiger partial charge in [0.05, 0.1) is 11.6 Å². The third kappa shape index (κ3) is 4.41. The summed E-state index contributed by atoms with van der Waals surface area (Å²) in [5, 5.41) is 8.42. The summed E-state index contributed by atoms with van der Waals surface area (Å²) in [7, 11) is 0. The molecule has 63 valence electrons. The number of anilines is 1. The van der Waals surface area contributed by atoms with Crippen molar-refractivity contribution in [2.24, 2.45) is 0 Å². The van der Waals surface area contributed by atoms with Gasteiger partial charge in [-0.25, -0.2) is 0 Å². The summed E-state index contributed by atoms with van der Waals surface area (Å²) < 4.78 is 22.5. The fourth-order valence-corrected chi connectivity index (χ4v) is 1.04. The number of rotatable bonds is 2. The zero-order valence-electron chi connectivity index (χ0n) is 6.98. The largest absolute Gasteiger partial charge is 0.755 e. The molecule has 0 saturated carbocycles. The van der Waals surface area contributed by atoms with Gasteiger partial charge in [-0.05, 0) is 24.3 Å². The third-order valence-corrected chi connectivity index (χ3v) is 1.62. The van der Waals surface area contributed by atoms with Gasteiger partial charge in [0, 0.05) is 46.5 Å². The Bertz CT molecular complexity index is 333. The Morgan fingerprint density at radius 2 is 1.92 bits per heavy atom. The Morgan fingerprint density at radius 1 is 1.38 bits per heavy atom. The second kappa shape index (κ2) is 6.13. The third-order valence-electron chi connectivity index (χ3n) is 1.22. The second-order valence-corrected chi connectivity index (χ2v) is 2.70. The number of hydrogen-bond acceptors (Lipinski definition) is 3. The van der Waals surface area contributed by atoms with Crippen LogP contribution >= 0.6 is 0 Å². The Morgan fingerprint density at radius 3 is 2.31 bits per heavy atom. The van der Waals surface area contributed by atoms with Crippen molar-refractivity contribution >= 4 is 46.5 Å². The van der Waals surface area contributed by atoms with E-state index in [0.717, 1.165) is 0 Å². The Kier molecular flexibility index (Phi) is 5.95. The van der Waals surface area contributed by atoms with E-state index in [9.17, 15) is 8.76 Å². The molecule has 1 atom stereocenters. The number of benzene rings is 1. The summed E-state index contributed by atoms with van der Waals surface area (Å²) in [4.78, 5) is 0. The SMILES string of the molecule is N#Cc1ccc(NS(=O)[O-])cc1.[Na]. The molecule has 0 fully saturated rings. The van der Waals surface area contributed by atoms with Crippen molar-refractivity contribution in [2.75, 3.05) is 4.72 Å². The maximum Gasteiger partial charge on any atom is 0.0991 e. The molecule has 6 heteroatoms. The van der Waals surface area contributed by atoms with E-state index in [1.807, 2.05) is 6.07 Å². The van der Waals surface area contributed by atoms with Gasteiger partial charge in [-0.3, -0.25) is 4.21 Å². The Labute approximate surface area is 101 Å². The molecule has 0 aromatic heterocycles. The van der Waals surface area contributed by atoms with Gasteiger partial charge in [-0.1, -0.05) is 0 Å². The van der Waals surface area contributed by atoms with Gasteiger partial charge in [0.15, 0.2) is 0 Å². The van der Waals surface area contributed by atoms with E-state index in [0.29, 0.717) is 11.3 Å². The van der Waals surface area contributed by atoms with Gasteiger partial charge in [-0.2, -0.15) is 5.26 Å². The normalized spacial score (nSPS) is 10.8. The minimum absolute atomic E-state index is 0. The number of hydrogen-bond donors (Lipinski definition) is 1. The number of nitrogens with zero attached hydrogens (tertiary/aromatic N) is 1. The molecule has 4 nitrogen and oxygen atoms in total. The molecule has 1 N–H and O–H groups in total. The van der Waals surface area contributed by atoms with Crippen LogP contribution in [-0.2, 0) is 11.3 Å². The van der Waals surface area contributed by atoms with Gasteiger partial charge in [0.2, 0.25) is 0 Å². The van der Waals surface area contributed by atoms with Crippen LogP contribution in [0, 0.1) is 11.3 Å². The monoisotopic (exact) mass is 204 g/mol. The molecule has 0 aliphatic heterocycles. The molecule has 0 saturated heterocycles. The molecule has 13 heavy (non-hydrogen) atoms. The van der Waals surface area contributed by atoms with Crippen molar-refractivity contribution in [3.05, 3.63) is 29.8 Å². The molecule has 1 radical (unpaired) electrons. The van der Waals surface area contributed by atoms with E-state index in [2.05, 4.69) is 4.72 Å². The molecule has 1 aromatic rings. The smallest absolute Gasteiger partial charge is 0.0991 e. The average molecular weight is 204 g/mol. The van der Waals surface area contributed by atoms with Gasteiger partial charge in [0.25, 0.3) is 0 Å². The van der Waals surface area contributed by atoms with Crippen molar-refractivity contribution in [1.29, 1.82) is 5.26 Å². The zero-order valence-corrected chi connectivity index (χ0v) is 9.80. The quantitative estimate of drug-likeness (QED) is 0.559. The fraction of sp³-hybridized carbons (Fsp3) is 0. The van der Waals surface area contributed by atoms with Crippen molar-refractivity contribution in [3.8, 4) is 6.07 Å². The molecule has 0 spiro atoms. The van der Waals surface area contributed by atoms with Crippen LogP contribution in [0.4, 0.5) is 5.69 Å². The van der Waals surface area contributed by atoms with E-state index >= 15 is 0 Å². The first-order chi connectivity index (χ1) is 5.72. The van der Waals surface area contributed by atoms with Crippen molar-refractivity contribution in [2.45, 2.75) is 0 Å². The standard InChI is InChI=1S/C7H6N2O2S.Na/c8-5-6-1-3-7(4-2-6)9-12(10)11;/h1-4,9H,(H,10,11);/p-1. The number of nitrogens with one attached hydrogen (secondary N) is 1.